The molecule has 4 nitrogen and oxygen atoms in total. The van der Waals surface area contributed by atoms with Crippen LogP contribution in [0.5, 0.6) is 0 Å². The molecule has 0 radical (unpaired) electrons. The van der Waals surface area contributed by atoms with Crippen molar-refractivity contribution in [1.29, 1.82) is 0 Å². The summed E-state index contributed by atoms with van der Waals surface area (Å²) in [5.74, 6) is 0.0142. The number of β-amino-alcohol motifs (C(OH)–C–C–N with tert-alkyl or cyclic N) is 1. The molecule has 4 heteroatoms. The van der Waals surface area contributed by atoms with Crippen LogP contribution in [-0.2, 0) is 9.53 Å². The average molecular weight is 360 g/mol. The van der Waals surface area contributed by atoms with Crippen LogP contribution in [0, 0.1) is 6.92 Å². The Morgan fingerprint density at radius 2 is 2.04 bits per heavy atom. The maximum atomic E-state index is 11.6. The number of benzene rings is 1. The van der Waals surface area contributed by atoms with Crippen LogP contribution in [0.4, 0.5) is 0 Å². The van der Waals surface area contributed by atoms with Gasteiger partial charge >= 0.3 is 5.97 Å². The predicted octanol–water partition coefficient (Wildman–Crippen LogP) is 3.91. The summed E-state index contributed by atoms with van der Waals surface area (Å²) in [4.78, 5) is 14.0. The lowest BCUT2D eigenvalue weighted by molar-refractivity contribution is -0.137. The molecule has 0 aromatic heterocycles. The van der Waals surface area contributed by atoms with Crippen molar-refractivity contribution >= 4 is 12.0 Å². The van der Waals surface area contributed by atoms with Gasteiger partial charge in [0.15, 0.2) is 0 Å². The lowest BCUT2D eigenvalue weighted by atomic mass is 9.88. The molecule has 144 valence electrons. The predicted molar refractivity (Wildman–Crippen MR) is 106 cm³/mol. The van der Waals surface area contributed by atoms with Gasteiger partial charge in [-0.15, -0.1) is 0 Å². The second-order valence-electron chi connectivity index (χ2n) is 7.30. The number of carbonyl (C=O) groups is 1. The molecule has 1 saturated heterocycles. The second-order valence-corrected chi connectivity index (χ2v) is 7.30. The summed E-state index contributed by atoms with van der Waals surface area (Å²) >= 11 is 0. The molecule has 2 unspecified atom stereocenters. The third-order valence-corrected chi connectivity index (χ3v) is 5.16. The Labute approximate surface area is 157 Å². The van der Waals surface area contributed by atoms with Crippen molar-refractivity contribution in [2.75, 3.05) is 26.2 Å². The van der Waals surface area contributed by atoms with Gasteiger partial charge in [0.25, 0.3) is 0 Å². The van der Waals surface area contributed by atoms with E-state index in [2.05, 4.69) is 36.9 Å². The molecule has 0 spiro atoms. The molecule has 1 aliphatic rings. The topological polar surface area (TPSA) is 49.8 Å². The van der Waals surface area contributed by atoms with Crippen molar-refractivity contribution < 1.29 is 14.6 Å². The highest BCUT2D eigenvalue weighted by molar-refractivity contribution is 5.87. The van der Waals surface area contributed by atoms with E-state index in [1.54, 1.807) is 6.92 Å². The number of ether oxygens (including phenoxy) is 1. The monoisotopic (exact) mass is 359 g/mol. The highest BCUT2D eigenvalue weighted by atomic mass is 16.5. The molecule has 26 heavy (non-hydrogen) atoms. The van der Waals surface area contributed by atoms with E-state index in [1.165, 1.54) is 24.5 Å². The summed E-state index contributed by atoms with van der Waals surface area (Å²) in [7, 11) is 0. The van der Waals surface area contributed by atoms with Crippen LogP contribution >= 0.6 is 0 Å². The van der Waals surface area contributed by atoms with E-state index in [4.69, 9.17) is 4.74 Å². The summed E-state index contributed by atoms with van der Waals surface area (Å²) < 4.78 is 4.98. The van der Waals surface area contributed by atoms with E-state index < -0.39 is 0 Å². The van der Waals surface area contributed by atoms with Gasteiger partial charge < -0.3 is 14.7 Å². The van der Waals surface area contributed by atoms with E-state index >= 15 is 0 Å². The fourth-order valence-electron chi connectivity index (χ4n) is 3.65. The fraction of sp³-hybridized carbons (Fsp3) is 0.591. The maximum absolute atomic E-state index is 11.6. The van der Waals surface area contributed by atoms with Crippen molar-refractivity contribution in [3.05, 3.63) is 41.0 Å². The zero-order valence-electron chi connectivity index (χ0n) is 16.4. The third-order valence-electron chi connectivity index (χ3n) is 5.16. The van der Waals surface area contributed by atoms with Gasteiger partial charge in [-0.2, -0.15) is 0 Å². The number of aliphatic hydroxyl groups is 1. The van der Waals surface area contributed by atoms with E-state index in [0.29, 0.717) is 12.5 Å². The summed E-state index contributed by atoms with van der Waals surface area (Å²) in [5, 5.41) is 10.3. The lowest BCUT2D eigenvalue weighted by Crippen LogP contribution is -2.30. The minimum Gasteiger partial charge on any atom is -0.463 e. The highest BCUT2D eigenvalue weighted by Crippen LogP contribution is 2.28. The normalized spacial score (nSPS) is 17.5. The number of rotatable bonds is 9. The first-order valence-corrected chi connectivity index (χ1v) is 9.86. The van der Waals surface area contributed by atoms with Gasteiger partial charge in [0.2, 0.25) is 0 Å². The Kier molecular flexibility index (Phi) is 8.33. The molecular weight excluding hydrogens is 326 g/mol. The number of likely N-dealkylation sites (tertiary alicyclic amines) is 1. The molecule has 1 aromatic rings. The minimum atomic E-state index is -0.310. The Morgan fingerprint density at radius 3 is 2.73 bits per heavy atom. The van der Waals surface area contributed by atoms with Gasteiger partial charge in [0.1, 0.15) is 0 Å². The summed E-state index contributed by atoms with van der Waals surface area (Å²) in [6.45, 7) is 9.47. The number of hydrogen-bond acceptors (Lipinski definition) is 4. The van der Waals surface area contributed by atoms with E-state index in [1.807, 2.05) is 6.08 Å². The van der Waals surface area contributed by atoms with Gasteiger partial charge in [0, 0.05) is 12.6 Å². The molecule has 2 atom stereocenters. The van der Waals surface area contributed by atoms with Gasteiger partial charge in [-0.05, 0) is 81.3 Å². The van der Waals surface area contributed by atoms with E-state index in [-0.39, 0.29) is 12.1 Å². The van der Waals surface area contributed by atoms with Crippen LogP contribution in [0.25, 0.3) is 6.08 Å². The van der Waals surface area contributed by atoms with Crippen LogP contribution in [-0.4, -0.2) is 48.3 Å². The molecule has 1 N–H and O–H groups in total. The summed E-state index contributed by atoms with van der Waals surface area (Å²) in [6, 6.07) is 6.24. The highest BCUT2D eigenvalue weighted by Gasteiger charge is 2.18. The first kappa shape index (κ1) is 20.7. The molecular formula is C22H33NO3. The lowest BCUT2D eigenvalue weighted by Gasteiger charge is -2.22. The van der Waals surface area contributed by atoms with Crippen molar-refractivity contribution in [3.8, 4) is 0 Å². The van der Waals surface area contributed by atoms with E-state index in [0.717, 1.165) is 43.6 Å². The van der Waals surface area contributed by atoms with Crippen LogP contribution < -0.4 is 0 Å². The fourth-order valence-corrected chi connectivity index (χ4v) is 3.65. The molecule has 1 aromatic carbocycles. The van der Waals surface area contributed by atoms with Crippen molar-refractivity contribution in [3.63, 3.8) is 0 Å². The second kappa shape index (κ2) is 10.5. The first-order valence-electron chi connectivity index (χ1n) is 9.86. The van der Waals surface area contributed by atoms with E-state index in [9.17, 15) is 9.90 Å². The van der Waals surface area contributed by atoms with Gasteiger partial charge in [-0.3, -0.25) is 0 Å². The van der Waals surface area contributed by atoms with Gasteiger partial charge in [0.05, 0.1) is 12.7 Å². The zero-order valence-corrected chi connectivity index (χ0v) is 16.4. The summed E-state index contributed by atoms with van der Waals surface area (Å²) in [6.07, 6.45) is 7.33. The van der Waals surface area contributed by atoms with Gasteiger partial charge in [-0.25, -0.2) is 4.79 Å². The number of carbonyl (C=O) groups excluding carboxylic acids is 1. The SMILES string of the molecule is CCOC(=O)/C=C/c1c(C)cccc1C(C)CCC(O)CN1CCCC1. The summed E-state index contributed by atoms with van der Waals surface area (Å²) in [5.41, 5.74) is 3.45. The standard InChI is InChI=1S/C22H33NO3/c1-4-26-22(25)13-12-21-17(2)8-7-9-20(21)18(3)10-11-19(24)16-23-14-5-6-15-23/h7-9,12-13,18-19,24H,4-6,10-11,14-16H2,1-3H3/b13-12+. The zero-order chi connectivity index (χ0) is 18.9. The largest absolute Gasteiger partial charge is 0.463 e. The number of aryl methyl sites for hydroxylation is 1. The Hall–Kier alpha value is -1.65. The number of aliphatic hydroxyl groups excluding tert-OH is 1. The van der Waals surface area contributed by atoms with Gasteiger partial charge in [-0.1, -0.05) is 25.1 Å². The Morgan fingerprint density at radius 1 is 1.31 bits per heavy atom. The molecule has 0 amide bonds. The molecule has 2 rings (SSSR count). The maximum Gasteiger partial charge on any atom is 0.330 e. The van der Waals surface area contributed by atoms with Crippen LogP contribution in [0.2, 0.25) is 0 Å². The smallest absolute Gasteiger partial charge is 0.330 e. The van der Waals surface area contributed by atoms with Crippen LogP contribution in [0.15, 0.2) is 24.3 Å². The Bertz CT molecular complexity index is 605. The first-order chi connectivity index (χ1) is 12.5. The number of nitrogens with zero attached hydrogens (tertiary/aromatic N) is 1. The molecule has 1 heterocycles. The van der Waals surface area contributed by atoms with Crippen molar-refractivity contribution in [2.45, 2.75) is 58.5 Å². The molecule has 1 fully saturated rings. The Balaban J connectivity index is 1.97. The molecule has 0 saturated carbocycles. The minimum absolute atomic E-state index is 0.265. The van der Waals surface area contributed by atoms with Crippen molar-refractivity contribution in [1.82, 2.24) is 4.90 Å². The number of hydrogen-bond donors (Lipinski definition) is 1. The average Bonchev–Trinajstić information content (AvgIpc) is 3.11. The van der Waals surface area contributed by atoms with Crippen LogP contribution in [0.1, 0.15) is 62.1 Å². The quantitative estimate of drug-likeness (QED) is 0.536. The molecule has 0 bridgehead atoms. The van der Waals surface area contributed by atoms with Crippen molar-refractivity contribution in [2.24, 2.45) is 0 Å². The number of esters is 1. The molecule has 0 aliphatic carbocycles. The molecule has 1 aliphatic heterocycles. The van der Waals surface area contributed by atoms with Crippen LogP contribution in [0.3, 0.4) is 0 Å². The third kappa shape index (κ3) is 6.26.